The lowest BCUT2D eigenvalue weighted by Gasteiger charge is -2.15. The third-order valence-corrected chi connectivity index (χ3v) is 4.53. The Labute approximate surface area is 164 Å². The number of hydrogen-bond acceptors (Lipinski definition) is 5. The molecule has 0 saturated heterocycles. The normalized spacial score (nSPS) is 11.6. The van der Waals surface area contributed by atoms with E-state index in [-0.39, 0.29) is 28.2 Å². The molecule has 0 amide bonds. The lowest BCUT2D eigenvalue weighted by Crippen LogP contribution is -2.19. The van der Waals surface area contributed by atoms with E-state index in [0.29, 0.717) is 11.3 Å². The molecule has 2 aromatic heterocycles. The van der Waals surface area contributed by atoms with Crippen molar-refractivity contribution in [2.24, 2.45) is 0 Å². The minimum absolute atomic E-state index is 0.0368. The van der Waals surface area contributed by atoms with E-state index in [0.717, 1.165) is 6.07 Å². The predicted molar refractivity (Wildman–Crippen MR) is 102 cm³/mol. The van der Waals surface area contributed by atoms with Gasteiger partial charge in [-0.3, -0.25) is 0 Å². The number of aliphatic hydroxyl groups is 1. The topological polar surface area (TPSA) is 87.1 Å². The highest BCUT2D eigenvalue weighted by Gasteiger charge is 2.24. The van der Waals surface area contributed by atoms with Crippen LogP contribution < -0.4 is 0 Å². The summed E-state index contributed by atoms with van der Waals surface area (Å²) in [6.07, 6.45) is 2.74. The molecule has 1 N–H and O–H groups in total. The summed E-state index contributed by atoms with van der Waals surface area (Å²) in [6.45, 7) is 3.12. The summed E-state index contributed by atoms with van der Waals surface area (Å²) >= 11 is 0. The van der Waals surface area contributed by atoms with Crippen molar-refractivity contribution in [3.63, 3.8) is 0 Å². The van der Waals surface area contributed by atoms with Gasteiger partial charge in [0.1, 0.15) is 11.7 Å². The first kappa shape index (κ1) is 18.7. The van der Waals surface area contributed by atoms with Crippen LogP contribution in [0.15, 0.2) is 48.8 Å². The Balaban J connectivity index is 1.99. The highest BCUT2D eigenvalue weighted by molar-refractivity contribution is 5.81. The van der Waals surface area contributed by atoms with Crippen LogP contribution in [0.5, 0.6) is 0 Å². The van der Waals surface area contributed by atoms with E-state index in [1.807, 2.05) is 6.07 Å². The Morgan fingerprint density at radius 1 is 1.14 bits per heavy atom. The standard InChI is InChI=1S/C21H15F2N5O/c1-21(2,29)17-11-26-28-16(10-25-20(28)27-17)13-8-15(22)19(23)18(14(13)9-24)12-6-4-3-5-7-12/h3-8,10-11,29H,1-2H3. The summed E-state index contributed by atoms with van der Waals surface area (Å²) < 4.78 is 30.4. The zero-order valence-electron chi connectivity index (χ0n) is 15.6. The molecule has 2 heterocycles. The van der Waals surface area contributed by atoms with Crippen LogP contribution in [0.4, 0.5) is 8.78 Å². The summed E-state index contributed by atoms with van der Waals surface area (Å²) in [5.74, 6) is -2.02. The fourth-order valence-corrected chi connectivity index (χ4v) is 3.07. The Hall–Kier alpha value is -3.70. The molecule has 29 heavy (non-hydrogen) atoms. The molecular weight excluding hydrogens is 376 g/mol. The number of aromatic nitrogens is 4. The van der Waals surface area contributed by atoms with E-state index in [1.165, 1.54) is 16.9 Å². The Kier molecular flexibility index (Phi) is 4.32. The third kappa shape index (κ3) is 3.11. The van der Waals surface area contributed by atoms with Crippen LogP contribution in [0.25, 0.3) is 28.2 Å². The highest BCUT2D eigenvalue weighted by Crippen LogP contribution is 2.35. The lowest BCUT2D eigenvalue weighted by molar-refractivity contribution is 0.0734. The molecule has 0 fully saturated rings. The fourth-order valence-electron chi connectivity index (χ4n) is 3.07. The largest absolute Gasteiger partial charge is 0.384 e. The maximum Gasteiger partial charge on any atom is 0.251 e. The molecule has 144 valence electrons. The van der Waals surface area contributed by atoms with Crippen molar-refractivity contribution < 1.29 is 13.9 Å². The van der Waals surface area contributed by atoms with E-state index in [1.54, 1.807) is 44.2 Å². The first-order valence-corrected chi connectivity index (χ1v) is 8.72. The lowest BCUT2D eigenvalue weighted by atomic mass is 9.94. The van der Waals surface area contributed by atoms with Crippen molar-refractivity contribution >= 4 is 5.78 Å². The van der Waals surface area contributed by atoms with Crippen LogP contribution in [0, 0.1) is 23.0 Å². The number of fused-ring (bicyclic) bond motifs is 1. The number of nitriles is 1. The Bertz CT molecular complexity index is 1270. The van der Waals surface area contributed by atoms with Crippen LogP contribution in [0.2, 0.25) is 0 Å². The minimum Gasteiger partial charge on any atom is -0.384 e. The van der Waals surface area contributed by atoms with E-state index >= 15 is 0 Å². The molecule has 6 nitrogen and oxygen atoms in total. The third-order valence-electron chi connectivity index (χ3n) is 4.53. The van der Waals surface area contributed by atoms with E-state index < -0.39 is 17.2 Å². The fraction of sp³-hybridized carbons (Fsp3) is 0.143. The number of nitrogens with zero attached hydrogens (tertiary/aromatic N) is 5. The highest BCUT2D eigenvalue weighted by atomic mass is 19.2. The van der Waals surface area contributed by atoms with Gasteiger partial charge in [-0.1, -0.05) is 30.3 Å². The zero-order chi connectivity index (χ0) is 20.8. The van der Waals surface area contributed by atoms with E-state index in [4.69, 9.17) is 0 Å². The number of benzene rings is 2. The van der Waals surface area contributed by atoms with Gasteiger partial charge in [-0.25, -0.2) is 18.7 Å². The summed E-state index contributed by atoms with van der Waals surface area (Å²) in [7, 11) is 0. The summed E-state index contributed by atoms with van der Waals surface area (Å²) in [5.41, 5.74) is -0.277. The molecule has 0 aliphatic heterocycles. The van der Waals surface area contributed by atoms with Crippen LogP contribution in [0.1, 0.15) is 25.1 Å². The molecule has 2 aromatic carbocycles. The summed E-state index contributed by atoms with van der Waals surface area (Å²) in [4.78, 5) is 8.41. The van der Waals surface area contributed by atoms with Crippen molar-refractivity contribution in [2.75, 3.05) is 0 Å². The Morgan fingerprint density at radius 3 is 2.52 bits per heavy atom. The van der Waals surface area contributed by atoms with E-state index in [9.17, 15) is 19.1 Å². The summed E-state index contributed by atoms with van der Waals surface area (Å²) in [5, 5.41) is 24.1. The molecule has 0 unspecified atom stereocenters. The average molecular weight is 391 g/mol. The number of hydrogen-bond donors (Lipinski definition) is 1. The summed E-state index contributed by atoms with van der Waals surface area (Å²) in [6, 6.07) is 11.2. The maximum absolute atomic E-state index is 14.7. The molecule has 0 atom stereocenters. The average Bonchev–Trinajstić information content (AvgIpc) is 3.12. The maximum atomic E-state index is 14.7. The smallest absolute Gasteiger partial charge is 0.251 e. The van der Waals surface area contributed by atoms with Crippen molar-refractivity contribution in [3.05, 3.63) is 71.7 Å². The Morgan fingerprint density at radius 2 is 1.86 bits per heavy atom. The van der Waals surface area contributed by atoms with Gasteiger partial charge in [0.15, 0.2) is 11.6 Å². The molecule has 0 aliphatic rings. The molecule has 8 heteroatoms. The molecule has 4 rings (SSSR count). The van der Waals surface area contributed by atoms with Gasteiger partial charge in [-0.15, -0.1) is 0 Å². The van der Waals surface area contributed by atoms with Gasteiger partial charge in [-0.05, 0) is 25.5 Å². The van der Waals surface area contributed by atoms with Crippen LogP contribution in [-0.2, 0) is 5.60 Å². The molecule has 0 saturated carbocycles. The number of imidazole rings is 1. The van der Waals surface area contributed by atoms with Gasteiger partial charge < -0.3 is 5.11 Å². The number of rotatable bonds is 3. The molecule has 4 aromatic rings. The van der Waals surface area contributed by atoms with Gasteiger partial charge in [-0.2, -0.15) is 14.9 Å². The molecule has 0 bridgehead atoms. The minimum atomic E-state index is -1.22. The van der Waals surface area contributed by atoms with Gasteiger partial charge in [0.25, 0.3) is 5.78 Å². The monoisotopic (exact) mass is 391 g/mol. The van der Waals surface area contributed by atoms with Crippen molar-refractivity contribution in [1.82, 2.24) is 19.6 Å². The molecule has 0 spiro atoms. The van der Waals surface area contributed by atoms with Crippen LogP contribution in [-0.4, -0.2) is 24.7 Å². The predicted octanol–water partition coefficient (Wildman–Crippen LogP) is 3.84. The van der Waals surface area contributed by atoms with E-state index in [2.05, 4.69) is 15.1 Å². The zero-order valence-corrected chi connectivity index (χ0v) is 15.6. The quantitative estimate of drug-likeness (QED) is 0.573. The van der Waals surface area contributed by atoms with Gasteiger partial charge in [0.2, 0.25) is 0 Å². The number of halogens is 2. The second-order valence-corrected chi connectivity index (χ2v) is 7.00. The van der Waals surface area contributed by atoms with Gasteiger partial charge in [0.05, 0.1) is 29.3 Å². The van der Waals surface area contributed by atoms with Gasteiger partial charge in [0, 0.05) is 11.1 Å². The van der Waals surface area contributed by atoms with Crippen LogP contribution >= 0.6 is 0 Å². The van der Waals surface area contributed by atoms with Crippen LogP contribution in [0.3, 0.4) is 0 Å². The van der Waals surface area contributed by atoms with Crippen molar-refractivity contribution in [1.29, 1.82) is 5.26 Å². The van der Waals surface area contributed by atoms with Crippen molar-refractivity contribution in [2.45, 2.75) is 19.4 Å². The molecule has 0 aliphatic carbocycles. The van der Waals surface area contributed by atoms with Gasteiger partial charge >= 0.3 is 0 Å². The second-order valence-electron chi connectivity index (χ2n) is 7.00. The second kappa shape index (κ2) is 6.72. The first-order valence-electron chi connectivity index (χ1n) is 8.72. The molecular formula is C21H15F2N5O. The van der Waals surface area contributed by atoms with Crippen molar-refractivity contribution in [3.8, 4) is 28.5 Å². The SMILES string of the molecule is CC(C)(O)c1cnn2c(-c3cc(F)c(F)c(-c4ccccc4)c3C#N)cnc2n1. The molecule has 0 radical (unpaired) electrons. The first-order chi connectivity index (χ1) is 13.8.